The zero-order chi connectivity index (χ0) is 13.8. The topological polar surface area (TPSA) is 67.3 Å². The summed E-state index contributed by atoms with van der Waals surface area (Å²) in [4.78, 5) is 2.38. The number of nitrogens with zero attached hydrogens (tertiary/aromatic N) is 3. The number of aryl methyl sites for hydroxylation is 1. The molecular weight excluding hydrogens is 240 g/mol. The summed E-state index contributed by atoms with van der Waals surface area (Å²) in [5, 5.41) is 13.9. The minimum atomic E-state index is 0.0800. The van der Waals surface area contributed by atoms with Gasteiger partial charge in [-0.1, -0.05) is 13.3 Å². The van der Waals surface area contributed by atoms with Crippen LogP contribution in [0.1, 0.15) is 44.2 Å². The minimum absolute atomic E-state index is 0.0800. The molecule has 1 aliphatic heterocycles. The number of aliphatic hydroxyl groups excluding tert-OH is 1. The number of rotatable bonds is 5. The number of hydrogen-bond acceptors (Lipinski definition) is 4. The molecule has 108 valence electrons. The maximum absolute atomic E-state index is 9.61. The molecule has 0 amide bonds. The Morgan fingerprint density at radius 1 is 1.53 bits per heavy atom. The lowest BCUT2D eigenvalue weighted by molar-refractivity contribution is 0.0416. The van der Waals surface area contributed by atoms with Crippen LogP contribution in [0.4, 0.5) is 0 Å². The van der Waals surface area contributed by atoms with E-state index in [4.69, 9.17) is 5.73 Å². The van der Waals surface area contributed by atoms with Crippen LogP contribution in [0.2, 0.25) is 0 Å². The number of aromatic nitrogens is 2. The van der Waals surface area contributed by atoms with Crippen molar-refractivity contribution in [1.29, 1.82) is 0 Å². The van der Waals surface area contributed by atoms with Crippen molar-refractivity contribution in [1.82, 2.24) is 14.7 Å². The van der Waals surface area contributed by atoms with Crippen LogP contribution in [0, 0.1) is 0 Å². The Bertz CT molecular complexity index is 393. The van der Waals surface area contributed by atoms with Gasteiger partial charge in [-0.2, -0.15) is 5.10 Å². The van der Waals surface area contributed by atoms with Gasteiger partial charge < -0.3 is 10.8 Å². The molecule has 1 aromatic heterocycles. The second kappa shape index (κ2) is 6.50. The highest BCUT2D eigenvalue weighted by Gasteiger charge is 2.33. The Hall–Kier alpha value is -0.910. The first-order valence-electron chi connectivity index (χ1n) is 7.28. The third-order valence-corrected chi connectivity index (χ3v) is 4.18. The zero-order valence-corrected chi connectivity index (χ0v) is 12.0. The van der Waals surface area contributed by atoms with Crippen molar-refractivity contribution in [3.05, 3.63) is 18.0 Å². The molecule has 2 rings (SSSR count). The molecule has 3 atom stereocenters. The van der Waals surface area contributed by atoms with E-state index in [1.807, 2.05) is 24.1 Å². The van der Waals surface area contributed by atoms with Crippen LogP contribution < -0.4 is 5.73 Å². The number of hydrogen-bond donors (Lipinski definition) is 2. The molecule has 0 radical (unpaired) electrons. The molecule has 1 aromatic rings. The monoisotopic (exact) mass is 266 g/mol. The van der Waals surface area contributed by atoms with Gasteiger partial charge in [-0.15, -0.1) is 0 Å². The highest BCUT2D eigenvalue weighted by molar-refractivity contribution is 5.14. The highest BCUT2D eigenvalue weighted by atomic mass is 16.3. The van der Waals surface area contributed by atoms with E-state index < -0.39 is 0 Å². The zero-order valence-electron chi connectivity index (χ0n) is 12.0. The minimum Gasteiger partial charge on any atom is -0.395 e. The third kappa shape index (κ3) is 3.16. The van der Waals surface area contributed by atoms with Gasteiger partial charge in [-0.3, -0.25) is 9.58 Å². The molecular formula is C14H26N4O. The van der Waals surface area contributed by atoms with Gasteiger partial charge in [0.2, 0.25) is 0 Å². The normalized spacial score (nSPS) is 24.3. The first kappa shape index (κ1) is 14.5. The van der Waals surface area contributed by atoms with E-state index >= 15 is 0 Å². The van der Waals surface area contributed by atoms with E-state index in [9.17, 15) is 5.11 Å². The van der Waals surface area contributed by atoms with Gasteiger partial charge >= 0.3 is 0 Å². The molecule has 3 N–H and O–H groups in total. The lowest BCUT2D eigenvalue weighted by atomic mass is 9.93. The van der Waals surface area contributed by atoms with Crippen LogP contribution in [0.15, 0.2) is 12.4 Å². The highest BCUT2D eigenvalue weighted by Crippen LogP contribution is 2.31. The van der Waals surface area contributed by atoms with Gasteiger partial charge in [-0.05, 0) is 25.8 Å². The Kier molecular flexibility index (Phi) is 4.96. The van der Waals surface area contributed by atoms with E-state index in [0.29, 0.717) is 0 Å². The van der Waals surface area contributed by atoms with E-state index in [1.54, 1.807) is 0 Å². The lowest BCUT2D eigenvalue weighted by Crippen LogP contribution is -2.49. The maximum atomic E-state index is 9.61. The number of likely N-dealkylation sites (tertiary alicyclic amines) is 1. The molecule has 1 saturated heterocycles. The molecule has 0 aliphatic carbocycles. The molecule has 1 aliphatic rings. The number of piperidine rings is 1. The fourth-order valence-electron chi connectivity index (χ4n) is 3.09. The van der Waals surface area contributed by atoms with Crippen LogP contribution in [0.5, 0.6) is 0 Å². The van der Waals surface area contributed by atoms with Crippen molar-refractivity contribution >= 4 is 0 Å². The average molecular weight is 266 g/mol. The van der Waals surface area contributed by atoms with E-state index in [-0.39, 0.29) is 24.7 Å². The van der Waals surface area contributed by atoms with Crippen molar-refractivity contribution < 1.29 is 5.11 Å². The van der Waals surface area contributed by atoms with Crippen LogP contribution in [-0.2, 0) is 7.05 Å². The molecule has 3 unspecified atom stereocenters. The van der Waals surface area contributed by atoms with Crippen molar-refractivity contribution in [3.63, 3.8) is 0 Å². The van der Waals surface area contributed by atoms with Gasteiger partial charge in [0.15, 0.2) is 0 Å². The largest absolute Gasteiger partial charge is 0.395 e. The molecule has 0 aromatic carbocycles. The fraction of sp³-hybridized carbons (Fsp3) is 0.786. The van der Waals surface area contributed by atoms with Crippen LogP contribution in [0.25, 0.3) is 0 Å². The number of aliphatic hydroxyl groups is 1. The third-order valence-electron chi connectivity index (χ3n) is 4.18. The molecule has 0 saturated carbocycles. The lowest BCUT2D eigenvalue weighted by Gasteiger charge is -2.42. The van der Waals surface area contributed by atoms with E-state index in [2.05, 4.69) is 16.9 Å². The van der Waals surface area contributed by atoms with Crippen LogP contribution >= 0.6 is 0 Å². The summed E-state index contributed by atoms with van der Waals surface area (Å²) in [7, 11) is 1.93. The standard InChI is InChI=1S/C14H26N4O/c1-3-13(15)14(11-8-16-17(2)9-11)18-7-5-4-6-12(18)10-19/h8-9,12-14,19H,3-7,10,15H2,1-2H3. The Morgan fingerprint density at radius 3 is 2.89 bits per heavy atom. The Morgan fingerprint density at radius 2 is 2.32 bits per heavy atom. The maximum Gasteiger partial charge on any atom is 0.0587 e. The first-order chi connectivity index (χ1) is 9.17. The van der Waals surface area contributed by atoms with Crippen molar-refractivity contribution in [2.45, 2.75) is 50.7 Å². The summed E-state index contributed by atoms with van der Waals surface area (Å²) in [5.41, 5.74) is 7.51. The van der Waals surface area contributed by atoms with Crippen molar-refractivity contribution in [3.8, 4) is 0 Å². The molecule has 0 bridgehead atoms. The van der Waals surface area contributed by atoms with Gasteiger partial charge in [0.1, 0.15) is 0 Å². The summed E-state index contributed by atoms with van der Waals surface area (Å²) in [6, 6.07) is 0.476. The summed E-state index contributed by atoms with van der Waals surface area (Å²) < 4.78 is 1.82. The molecule has 2 heterocycles. The first-order valence-corrected chi connectivity index (χ1v) is 7.28. The average Bonchev–Trinajstić information content (AvgIpc) is 2.85. The van der Waals surface area contributed by atoms with E-state index in [1.165, 1.54) is 12.8 Å². The van der Waals surface area contributed by atoms with Crippen LogP contribution in [-0.4, -0.2) is 45.0 Å². The molecule has 5 nitrogen and oxygen atoms in total. The van der Waals surface area contributed by atoms with Gasteiger partial charge in [0.05, 0.1) is 18.8 Å². The molecule has 19 heavy (non-hydrogen) atoms. The SMILES string of the molecule is CCC(N)C(c1cnn(C)c1)N1CCCCC1CO. The van der Waals surface area contributed by atoms with Gasteiger partial charge in [0, 0.05) is 30.9 Å². The molecule has 1 fully saturated rings. The Balaban J connectivity index is 2.26. The summed E-state index contributed by atoms with van der Waals surface area (Å²) in [6.45, 7) is 3.34. The smallest absolute Gasteiger partial charge is 0.0587 e. The predicted octanol–water partition coefficient (Wildman–Crippen LogP) is 1.05. The van der Waals surface area contributed by atoms with Crippen LogP contribution in [0.3, 0.4) is 0 Å². The van der Waals surface area contributed by atoms with E-state index in [0.717, 1.165) is 24.9 Å². The van der Waals surface area contributed by atoms with Gasteiger partial charge in [0.25, 0.3) is 0 Å². The summed E-state index contributed by atoms with van der Waals surface area (Å²) >= 11 is 0. The fourth-order valence-corrected chi connectivity index (χ4v) is 3.09. The van der Waals surface area contributed by atoms with Crippen molar-refractivity contribution in [2.24, 2.45) is 12.8 Å². The molecule has 5 heteroatoms. The Labute approximate surface area is 115 Å². The van der Waals surface area contributed by atoms with Gasteiger partial charge in [-0.25, -0.2) is 0 Å². The second-order valence-corrected chi connectivity index (χ2v) is 5.53. The molecule has 0 spiro atoms. The number of nitrogens with two attached hydrogens (primary N) is 1. The summed E-state index contributed by atoms with van der Waals surface area (Å²) in [6.07, 6.45) is 8.32. The second-order valence-electron chi connectivity index (χ2n) is 5.53. The quantitative estimate of drug-likeness (QED) is 0.836. The summed E-state index contributed by atoms with van der Waals surface area (Å²) in [5.74, 6) is 0. The predicted molar refractivity (Wildman–Crippen MR) is 75.6 cm³/mol. The van der Waals surface area contributed by atoms with Crippen molar-refractivity contribution in [2.75, 3.05) is 13.2 Å².